The lowest BCUT2D eigenvalue weighted by Crippen LogP contribution is -2.33. The second-order valence-electron chi connectivity index (χ2n) is 3.87. The molecule has 6 heteroatoms. The minimum atomic E-state index is 0.198. The summed E-state index contributed by atoms with van der Waals surface area (Å²) >= 11 is 5.73. The van der Waals surface area contributed by atoms with Gasteiger partial charge >= 0.3 is 0 Å². The molecular formula is C10H18ClN5. The number of hydrogen-bond donors (Lipinski definition) is 0. The fourth-order valence-corrected chi connectivity index (χ4v) is 1.49. The van der Waals surface area contributed by atoms with Crippen LogP contribution in [0.4, 0.5) is 5.82 Å². The lowest BCUT2D eigenvalue weighted by molar-refractivity contribution is 0.412. The summed E-state index contributed by atoms with van der Waals surface area (Å²) in [6.45, 7) is 4.97. The zero-order valence-electron chi connectivity index (χ0n) is 10.0. The van der Waals surface area contributed by atoms with Crippen LogP contribution in [0.5, 0.6) is 0 Å². The minimum Gasteiger partial charge on any atom is -0.354 e. The molecule has 0 aromatic carbocycles. The summed E-state index contributed by atoms with van der Waals surface area (Å²) in [5, 5.41) is 7.66. The molecule has 16 heavy (non-hydrogen) atoms. The predicted octanol–water partition coefficient (Wildman–Crippen LogP) is 1.30. The van der Waals surface area contributed by atoms with Crippen LogP contribution < -0.4 is 4.90 Å². The van der Waals surface area contributed by atoms with E-state index in [9.17, 15) is 0 Å². The molecule has 0 aliphatic rings. The summed E-state index contributed by atoms with van der Waals surface area (Å²) in [7, 11) is 4.10. The van der Waals surface area contributed by atoms with Crippen molar-refractivity contribution in [2.75, 3.05) is 38.6 Å². The molecule has 1 rings (SSSR count). The Morgan fingerprint density at radius 3 is 2.56 bits per heavy atom. The molecule has 90 valence electrons. The Labute approximate surface area is 101 Å². The maximum atomic E-state index is 5.73. The second kappa shape index (κ2) is 6.60. The topological polar surface area (TPSA) is 45.2 Å². The van der Waals surface area contributed by atoms with Gasteiger partial charge in [0.15, 0.2) is 5.82 Å². The van der Waals surface area contributed by atoms with E-state index in [4.69, 9.17) is 11.6 Å². The second-order valence-corrected chi connectivity index (χ2v) is 4.21. The Balaban J connectivity index is 2.68. The van der Waals surface area contributed by atoms with Crippen molar-refractivity contribution in [3.63, 3.8) is 0 Å². The normalized spacial score (nSPS) is 10.8. The number of halogens is 1. The standard InChI is InChI=1S/C10H18ClN5/c1-4-5-16(7-6-15(2)3)9-8-12-14-10(11)13-9/h8H,4-7H2,1-3H3. The molecule has 0 amide bonds. The SMILES string of the molecule is CCCN(CCN(C)C)c1cnnc(Cl)n1. The lowest BCUT2D eigenvalue weighted by atomic mass is 10.4. The van der Waals surface area contributed by atoms with Gasteiger partial charge in [-0.3, -0.25) is 0 Å². The van der Waals surface area contributed by atoms with E-state index in [2.05, 4.69) is 46.0 Å². The highest BCUT2D eigenvalue weighted by Gasteiger charge is 2.08. The Bertz CT molecular complexity index is 318. The van der Waals surface area contributed by atoms with Crippen LogP contribution in [0, 0.1) is 0 Å². The van der Waals surface area contributed by atoms with Crippen LogP contribution in [-0.2, 0) is 0 Å². The van der Waals surface area contributed by atoms with Gasteiger partial charge in [0.05, 0.1) is 6.20 Å². The fourth-order valence-electron chi connectivity index (χ4n) is 1.36. The van der Waals surface area contributed by atoms with Crippen LogP contribution in [0.2, 0.25) is 5.28 Å². The van der Waals surface area contributed by atoms with E-state index in [1.54, 1.807) is 6.20 Å². The maximum Gasteiger partial charge on any atom is 0.244 e. The molecule has 0 radical (unpaired) electrons. The van der Waals surface area contributed by atoms with E-state index in [-0.39, 0.29) is 5.28 Å². The molecule has 0 saturated carbocycles. The first-order valence-electron chi connectivity index (χ1n) is 5.38. The summed E-state index contributed by atoms with van der Waals surface area (Å²) in [4.78, 5) is 8.47. The molecule has 1 aromatic rings. The summed E-state index contributed by atoms with van der Waals surface area (Å²) in [6, 6.07) is 0. The first kappa shape index (κ1) is 13.1. The molecule has 0 aliphatic carbocycles. The minimum absolute atomic E-state index is 0.198. The van der Waals surface area contributed by atoms with Crippen molar-refractivity contribution in [1.82, 2.24) is 20.1 Å². The van der Waals surface area contributed by atoms with Crippen LogP contribution in [0.25, 0.3) is 0 Å². The molecule has 0 aliphatic heterocycles. The van der Waals surface area contributed by atoms with Gasteiger partial charge in [0.1, 0.15) is 0 Å². The van der Waals surface area contributed by atoms with Crippen LogP contribution in [-0.4, -0.2) is 53.8 Å². The van der Waals surface area contributed by atoms with E-state index in [0.717, 1.165) is 31.9 Å². The van der Waals surface area contributed by atoms with Gasteiger partial charge in [0.2, 0.25) is 5.28 Å². The van der Waals surface area contributed by atoms with Crippen LogP contribution in [0.3, 0.4) is 0 Å². The van der Waals surface area contributed by atoms with Gasteiger partial charge < -0.3 is 9.80 Å². The fraction of sp³-hybridized carbons (Fsp3) is 0.700. The Hall–Kier alpha value is -0.940. The molecule has 0 bridgehead atoms. The molecule has 5 nitrogen and oxygen atoms in total. The smallest absolute Gasteiger partial charge is 0.244 e. The third-order valence-electron chi connectivity index (χ3n) is 2.15. The van der Waals surface area contributed by atoms with Gasteiger partial charge in [0.25, 0.3) is 0 Å². The monoisotopic (exact) mass is 243 g/mol. The van der Waals surface area contributed by atoms with Gasteiger partial charge in [-0.25, -0.2) is 0 Å². The largest absolute Gasteiger partial charge is 0.354 e. The third-order valence-corrected chi connectivity index (χ3v) is 2.32. The zero-order chi connectivity index (χ0) is 12.0. The van der Waals surface area contributed by atoms with Crippen LogP contribution in [0.1, 0.15) is 13.3 Å². The molecule has 1 heterocycles. The number of anilines is 1. The van der Waals surface area contributed by atoms with E-state index in [1.807, 2.05) is 0 Å². The highest BCUT2D eigenvalue weighted by Crippen LogP contribution is 2.10. The number of hydrogen-bond acceptors (Lipinski definition) is 5. The molecule has 0 fully saturated rings. The molecule has 0 unspecified atom stereocenters. The summed E-state index contributed by atoms with van der Waals surface area (Å²) in [6.07, 6.45) is 2.71. The number of nitrogens with zero attached hydrogens (tertiary/aromatic N) is 5. The van der Waals surface area contributed by atoms with E-state index in [0.29, 0.717) is 0 Å². The Morgan fingerprint density at radius 2 is 2.00 bits per heavy atom. The number of aromatic nitrogens is 3. The van der Waals surface area contributed by atoms with E-state index < -0.39 is 0 Å². The van der Waals surface area contributed by atoms with Crippen molar-refractivity contribution in [2.24, 2.45) is 0 Å². The summed E-state index contributed by atoms with van der Waals surface area (Å²) in [5.74, 6) is 0.795. The first-order chi connectivity index (χ1) is 7.63. The first-order valence-corrected chi connectivity index (χ1v) is 5.76. The highest BCUT2D eigenvalue weighted by molar-refractivity contribution is 6.28. The Kier molecular flexibility index (Phi) is 5.42. The average molecular weight is 244 g/mol. The van der Waals surface area contributed by atoms with Crippen molar-refractivity contribution in [3.05, 3.63) is 11.5 Å². The average Bonchev–Trinajstić information content (AvgIpc) is 2.24. The predicted molar refractivity (Wildman–Crippen MR) is 65.9 cm³/mol. The van der Waals surface area contributed by atoms with Gasteiger partial charge in [-0.1, -0.05) is 6.92 Å². The van der Waals surface area contributed by atoms with E-state index in [1.165, 1.54) is 0 Å². The van der Waals surface area contributed by atoms with Gasteiger partial charge in [-0.2, -0.15) is 10.1 Å². The van der Waals surface area contributed by atoms with Crippen molar-refractivity contribution in [2.45, 2.75) is 13.3 Å². The molecule has 0 spiro atoms. The third kappa shape index (κ3) is 4.28. The lowest BCUT2D eigenvalue weighted by Gasteiger charge is -2.24. The van der Waals surface area contributed by atoms with Crippen molar-refractivity contribution in [1.29, 1.82) is 0 Å². The quantitative estimate of drug-likeness (QED) is 0.754. The molecule has 0 saturated heterocycles. The molecule has 1 aromatic heterocycles. The van der Waals surface area contributed by atoms with Crippen LogP contribution in [0.15, 0.2) is 6.20 Å². The Morgan fingerprint density at radius 1 is 1.25 bits per heavy atom. The van der Waals surface area contributed by atoms with Gasteiger partial charge in [-0.15, -0.1) is 5.10 Å². The number of likely N-dealkylation sites (N-methyl/N-ethyl adjacent to an activating group) is 1. The van der Waals surface area contributed by atoms with Gasteiger partial charge in [0, 0.05) is 19.6 Å². The summed E-state index contributed by atoms with van der Waals surface area (Å²) in [5.41, 5.74) is 0. The highest BCUT2D eigenvalue weighted by atomic mass is 35.5. The summed E-state index contributed by atoms with van der Waals surface area (Å²) < 4.78 is 0. The van der Waals surface area contributed by atoms with Crippen molar-refractivity contribution in [3.8, 4) is 0 Å². The molecular weight excluding hydrogens is 226 g/mol. The van der Waals surface area contributed by atoms with E-state index >= 15 is 0 Å². The zero-order valence-corrected chi connectivity index (χ0v) is 10.8. The van der Waals surface area contributed by atoms with Crippen LogP contribution >= 0.6 is 11.6 Å². The van der Waals surface area contributed by atoms with Crippen molar-refractivity contribution >= 4 is 17.4 Å². The maximum absolute atomic E-state index is 5.73. The number of rotatable bonds is 6. The van der Waals surface area contributed by atoms with Crippen molar-refractivity contribution < 1.29 is 0 Å². The molecule has 0 N–H and O–H groups in total. The van der Waals surface area contributed by atoms with Gasteiger partial charge in [-0.05, 0) is 32.1 Å². The molecule has 0 atom stereocenters.